The van der Waals surface area contributed by atoms with Gasteiger partial charge in [0.15, 0.2) is 0 Å². The van der Waals surface area contributed by atoms with Gasteiger partial charge in [-0.05, 0) is 12.2 Å². The molecule has 0 N–H and O–H groups in total. The maximum absolute atomic E-state index is 11.5. The summed E-state index contributed by atoms with van der Waals surface area (Å²) in [6.07, 6.45) is 0.184. The maximum Gasteiger partial charge on any atom is 0.335 e. The van der Waals surface area contributed by atoms with Gasteiger partial charge < -0.3 is 0 Å². The number of amides is 4. The molecule has 80 valence electrons. The fourth-order valence-electron chi connectivity index (χ4n) is 1.17. The number of urea groups is 1. The van der Waals surface area contributed by atoms with Crippen molar-refractivity contribution in [3.63, 3.8) is 0 Å². The normalized spacial score (nSPS) is 15.5. The Balaban J connectivity index is 2.78. The molecule has 1 rings (SSSR count). The molecular weight excluding hydrogens is 218 g/mol. The zero-order valence-electron chi connectivity index (χ0n) is 8.10. The first kappa shape index (κ1) is 11.5. The number of carbonyl (C=O) groups excluding carboxylic acids is 3. The Kier molecular flexibility index (Phi) is 3.65. The smallest absolute Gasteiger partial charge is 0.274 e. The molecule has 1 saturated heterocycles. The van der Waals surface area contributed by atoms with E-state index in [9.17, 15) is 14.4 Å². The number of thiocarbonyl (C=S) groups is 1. The van der Waals surface area contributed by atoms with E-state index in [1.54, 1.807) is 6.92 Å². The van der Waals surface area contributed by atoms with Crippen LogP contribution in [0.25, 0.3) is 0 Å². The second kappa shape index (κ2) is 4.77. The van der Waals surface area contributed by atoms with Crippen LogP contribution in [0.2, 0.25) is 0 Å². The van der Waals surface area contributed by atoms with Gasteiger partial charge in [0.1, 0.15) is 13.2 Å². The third kappa shape index (κ3) is 2.26. The topological polar surface area (TPSA) is 70.1 Å². The Hall–Kier alpha value is -1.59. The van der Waals surface area contributed by atoms with Crippen LogP contribution in [-0.2, 0) is 9.59 Å². The Morgan fingerprint density at radius 3 is 2.80 bits per heavy atom. The highest BCUT2D eigenvalue weighted by Crippen LogP contribution is 2.11. The van der Waals surface area contributed by atoms with Crippen LogP contribution in [0, 0.1) is 0 Å². The average Bonchev–Trinajstić information content (AvgIpc) is 2.51. The quantitative estimate of drug-likeness (QED) is 0.393. The fourth-order valence-corrected chi connectivity index (χ4v) is 1.22. The lowest BCUT2D eigenvalue weighted by Gasteiger charge is -2.12. The van der Waals surface area contributed by atoms with Gasteiger partial charge >= 0.3 is 6.03 Å². The van der Waals surface area contributed by atoms with Gasteiger partial charge in [0.25, 0.3) is 5.91 Å². The first-order valence-corrected chi connectivity index (χ1v) is 4.71. The van der Waals surface area contributed by atoms with Crippen LogP contribution in [0.5, 0.6) is 0 Å². The van der Waals surface area contributed by atoms with E-state index >= 15 is 0 Å². The van der Waals surface area contributed by atoms with Gasteiger partial charge in [0.2, 0.25) is 5.91 Å². The fraction of sp³-hybridized carbons (Fsp3) is 0.500. The molecule has 1 fully saturated rings. The number of hydrogen-bond acceptors (Lipinski definition) is 5. The first-order valence-electron chi connectivity index (χ1n) is 4.30. The van der Waals surface area contributed by atoms with Gasteiger partial charge in [0, 0.05) is 6.42 Å². The number of hydrogen-bond donors (Lipinski definition) is 0. The summed E-state index contributed by atoms with van der Waals surface area (Å²) in [5.41, 5.74) is 0. The predicted octanol–water partition coefficient (Wildman–Crippen LogP) is 0.248. The van der Waals surface area contributed by atoms with Crippen molar-refractivity contribution in [1.29, 1.82) is 0 Å². The molecule has 0 saturated carbocycles. The molecule has 0 aromatic carbocycles. The number of carbonyl (C=O) groups is 3. The van der Waals surface area contributed by atoms with Crippen LogP contribution in [-0.4, -0.2) is 46.0 Å². The summed E-state index contributed by atoms with van der Waals surface area (Å²) in [6, 6.07) is -0.638. The molecule has 15 heavy (non-hydrogen) atoms. The van der Waals surface area contributed by atoms with Crippen molar-refractivity contribution < 1.29 is 14.4 Å². The zero-order chi connectivity index (χ0) is 11.4. The van der Waals surface area contributed by atoms with Crippen LogP contribution >= 0.6 is 12.2 Å². The van der Waals surface area contributed by atoms with E-state index < -0.39 is 11.9 Å². The van der Waals surface area contributed by atoms with Crippen molar-refractivity contribution in [2.75, 3.05) is 13.2 Å². The van der Waals surface area contributed by atoms with Crippen molar-refractivity contribution in [2.45, 2.75) is 13.3 Å². The highest BCUT2D eigenvalue weighted by Gasteiger charge is 2.38. The number of isothiocyanates is 1. The molecule has 0 radical (unpaired) electrons. The molecule has 0 aromatic rings. The Morgan fingerprint density at radius 2 is 2.27 bits per heavy atom. The zero-order valence-corrected chi connectivity index (χ0v) is 8.91. The Labute approximate surface area is 91.5 Å². The highest BCUT2D eigenvalue weighted by atomic mass is 32.1. The largest absolute Gasteiger partial charge is 0.335 e. The summed E-state index contributed by atoms with van der Waals surface area (Å²) in [5, 5.41) is 2.05. The van der Waals surface area contributed by atoms with Gasteiger partial charge in [-0.2, -0.15) is 0 Å². The van der Waals surface area contributed by atoms with Crippen molar-refractivity contribution in [1.82, 2.24) is 9.80 Å². The summed E-state index contributed by atoms with van der Waals surface area (Å²) in [7, 11) is 0. The lowest BCUT2D eigenvalue weighted by molar-refractivity contribution is -0.130. The standard InChI is InChI=1S/C8H9N3O3S/c1-2-6(12)10-3-7(13)11(8(10)14)4-9-5-15/h2-4H2,1H3. The van der Waals surface area contributed by atoms with Crippen LogP contribution in [0.1, 0.15) is 13.3 Å². The molecule has 6 nitrogen and oxygen atoms in total. The molecule has 0 aromatic heterocycles. The van der Waals surface area contributed by atoms with E-state index in [-0.39, 0.29) is 25.5 Å². The third-order valence-corrected chi connectivity index (χ3v) is 2.07. The number of nitrogens with zero attached hydrogens (tertiary/aromatic N) is 3. The molecule has 1 aliphatic rings. The van der Waals surface area contributed by atoms with Gasteiger partial charge in [0.05, 0.1) is 5.16 Å². The SMILES string of the molecule is CCC(=O)N1CC(=O)N(CN=C=S)C1=O. The molecule has 1 heterocycles. The van der Waals surface area contributed by atoms with Crippen molar-refractivity contribution in [3.05, 3.63) is 0 Å². The summed E-state index contributed by atoms with van der Waals surface area (Å²) in [6.45, 7) is 1.24. The molecule has 7 heteroatoms. The van der Waals surface area contributed by atoms with E-state index in [1.807, 2.05) is 0 Å². The van der Waals surface area contributed by atoms with Crippen molar-refractivity contribution in [2.24, 2.45) is 4.99 Å². The summed E-state index contributed by atoms with van der Waals surface area (Å²) in [4.78, 5) is 39.3. The molecule has 0 atom stereocenters. The average molecular weight is 227 g/mol. The molecule has 0 spiro atoms. The first-order chi connectivity index (χ1) is 7.11. The monoisotopic (exact) mass is 227 g/mol. The Bertz CT molecular complexity index is 362. The minimum absolute atomic E-state index is 0.172. The number of aliphatic imine (C=N–C) groups is 1. The van der Waals surface area contributed by atoms with Gasteiger partial charge in [-0.1, -0.05) is 6.92 Å². The van der Waals surface area contributed by atoms with E-state index in [1.165, 1.54) is 0 Å². The van der Waals surface area contributed by atoms with E-state index in [2.05, 4.69) is 22.4 Å². The predicted molar refractivity (Wildman–Crippen MR) is 54.1 cm³/mol. The molecule has 0 unspecified atom stereocenters. The van der Waals surface area contributed by atoms with Gasteiger partial charge in [-0.25, -0.2) is 14.7 Å². The lowest BCUT2D eigenvalue weighted by Crippen LogP contribution is -2.36. The van der Waals surface area contributed by atoms with Gasteiger partial charge in [-0.15, -0.1) is 0 Å². The lowest BCUT2D eigenvalue weighted by atomic mass is 10.4. The van der Waals surface area contributed by atoms with E-state index in [4.69, 9.17) is 0 Å². The number of imide groups is 2. The summed E-state index contributed by atoms with van der Waals surface area (Å²) >= 11 is 4.32. The molecule has 1 aliphatic heterocycles. The molecular formula is C8H9N3O3S. The van der Waals surface area contributed by atoms with Crippen LogP contribution in [0.15, 0.2) is 4.99 Å². The van der Waals surface area contributed by atoms with Crippen molar-refractivity contribution >= 4 is 35.2 Å². The molecule has 4 amide bonds. The van der Waals surface area contributed by atoms with Crippen LogP contribution in [0.3, 0.4) is 0 Å². The van der Waals surface area contributed by atoms with Crippen LogP contribution in [0.4, 0.5) is 4.79 Å². The third-order valence-electron chi connectivity index (χ3n) is 1.94. The van der Waals surface area contributed by atoms with Gasteiger partial charge in [-0.3, -0.25) is 14.5 Å². The minimum atomic E-state index is -0.638. The van der Waals surface area contributed by atoms with Crippen molar-refractivity contribution in [3.8, 4) is 0 Å². The minimum Gasteiger partial charge on any atom is -0.274 e. The van der Waals surface area contributed by atoms with Crippen LogP contribution < -0.4 is 0 Å². The summed E-state index contributed by atoms with van der Waals surface area (Å²) < 4.78 is 0. The van der Waals surface area contributed by atoms with E-state index in [0.717, 1.165) is 9.80 Å². The molecule has 0 bridgehead atoms. The second-order valence-electron chi connectivity index (χ2n) is 2.83. The Morgan fingerprint density at radius 1 is 1.60 bits per heavy atom. The van der Waals surface area contributed by atoms with E-state index in [0.29, 0.717) is 0 Å². The second-order valence-corrected chi connectivity index (χ2v) is 3.01. The highest BCUT2D eigenvalue weighted by molar-refractivity contribution is 7.78. The number of rotatable bonds is 3. The molecule has 0 aliphatic carbocycles. The maximum atomic E-state index is 11.5. The summed E-state index contributed by atoms with van der Waals surface area (Å²) in [5.74, 6) is -0.821.